The molecule has 0 aromatic rings. The molecular weight excluding hydrogens is 304 g/mol. The standard InChI is InChI=1S/C19H32N2O3/c1-2-24-14-9-17(22)20-13-11-19(15-20)10-6-12-21(18(19)23)16-7-4-3-5-8-16/h16H,2-15H2,1H3/t19-/m1/s1. The Morgan fingerprint density at radius 1 is 1.17 bits per heavy atom. The summed E-state index contributed by atoms with van der Waals surface area (Å²) >= 11 is 0. The van der Waals surface area contributed by atoms with Crippen molar-refractivity contribution in [2.24, 2.45) is 5.41 Å². The lowest BCUT2D eigenvalue weighted by molar-refractivity contribution is -0.149. The molecule has 1 saturated carbocycles. The average molecular weight is 336 g/mol. The summed E-state index contributed by atoms with van der Waals surface area (Å²) in [7, 11) is 0. The average Bonchev–Trinajstić information content (AvgIpc) is 3.04. The number of ether oxygens (including phenoxy) is 1. The lowest BCUT2D eigenvalue weighted by Gasteiger charge is -2.44. The van der Waals surface area contributed by atoms with Gasteiger partial charge in [0.2, 0.25) is 11.8 Å². The third-order valence-corrected chi connectivity index (χ3v) is 6.16. The maximum absolute atomic E-state index is 13.2. The van der Waals surface area contributed by atoms with Gasteiger partial charge in [-0.1, -0.05) is 19.3 Å². The Kier molecular flexibility index (Phi) is 5.80. The summed E-state index contributed by atoms with van der Waals surface area (Å²) < 4.78 is 5.30. The van der Waals surface area contributed by atoms with Crippen LogP contribution >= 0.6 is 0 Å². The first-order chi connectivity index (χ1) is 11.7. The Morgan fingerprint density at radius 3 is 2.71 bits per heavy atom. The SMILES string of the molecule is CCOCCC(=O)N1CC[C@]2(CCCN(C3CCCCC3)C2=O)C1. The number of nitrogens with zero attached hydrogens (tertiary/aromatic N) is 2. The number of hydrogen-bond acceptors (Lipinski definition) is 3. The molecule has 2 aliphatic heterocycles. The van der Waals surface area contributed by atoms with Crippen LogP contribution in [0.1, 0.15) is 64.7 Å². The van der Waals surface area contributed by atoms with Gasteiger partial charge in [-0.15, -0.1) is 0 Å². The van der Waals surface area contributed by atoms with E-state index in [1.165, 1.54) is 32.1 Å². The quantitative estimate of drug-likeness (QED) is 0.725. The Labute approximate surface area is 145 Å². The van der Waals surface area contributed by atoms with Crippen LogP contribution in [0.15, 0.2) is 0 Å². The molecule has 3 aliphatic rings. The smallest absolute Gasteiger partial charge is 0.230 e. The van der Waals surface area contributed by atoms with Crippen molar-refractivity contribution in [3.8, 4) is 0 Å². The highest BCUT2D eigenvalue weighted by Gasteiger charge is 2.50. The summed E-state index contributed by atoms with van der Waals surface area (Å²) in [6.45, 7) is 5.35. The van der Waals surface area contributed by atoms with Gasteiger partial charge in [0.05, 0.1) is 18.4 Å². The first-order valence-electron chi connectivity index (χ1n) is 9.83. The number of carbonyl (C=O) groups is 2. The van der Waals surface area contributed by atoms with Gasteiger partial charge in [-0.05, 0) is 39.0 Å². The van der Waals surface area contributed by atoms with E-state index in [-0.39, 0.29) is 11.3 Å². The van der Waals surface area contributed by atoms with Crippen LogP contribution in [-0.4, -0.2) is 60.5 Å². The van der Waals surface area contributed by atoms with Gasteiger partial charge >= 0.3 is 0 Å². The van der Waals surface area contributed by atoms with Crippen LogP contribution in [0, 0.1) is 5.41 Å². The van der Waals surface area contributed by atoms with Crippen LogP contribution in [0.4, 0.5) is 0 Å². The van der Waals surface area contributed by atoms with Gasteiger partial charge < -0.3 is 14.5 Å². The van der Waals surface area contributed by atoms with E-state index in [0.29, 0.717) is 38.1 Å². The Bertz CT molecular complexity index is 462. The normalized spacial score (nSPS) is 28.8. The molecule has 1 atom stereocenters. The highest BCUT2D eigenvalue weighted by Crippen LogP contribution is 2.42. The lowest BCUT2D eigenvalue weighted by Crippen LogP contribution is -2.54. The first kappa shape index (κ1) is 17.7. The molecule has 2 saturated heterocycles. The third kappa shape index (κ3) is 3.61. The molecule has 24 heavy (non-hydrogen) atoms. The summed E-state index contributed by atoms with van der Waals surface area (Å²) in [5.74, 6) is 0.476. The molecular formula is C19H32N2O3. The number of amides is 2. The van der Waals surface area contributed by atoms with Crippen LogP contribution in [0.2, 0.25) is 0 Å². The molecule has 3 rings (SSSR count). The van der Waals surface area contributed by atoms with Crippen molar-refractivity contribution in [1.82, 2.24) is 9.80 Å². The minimum absolute atomic E-state index is 0.142. The van der Waals surface area contributed by atoms with Gasteiger partial charge in [0, 0.05) is 32.3 Å². The zero-order valence-electron chi connectivity index (χ0n) is 15.1. The number of piperidine rings is 1. The predicted octanol–water partition coefficient (Wildman–Crippen LogP) is 2.59. The minimum atomic E-state index is -0.295. The fraction of sp³-hybridized carbons (Fsp3) is 0.895. The molecule has 0 N–H and O–H groups in total. The summed E-state index contributed by atoms with van der Waals surface area (Å²) in [5, 5.41) is 0. The molecule has 1 aliphatic carbocycles. The third-order valence-electron chi connectivity index (χ3n) is 6.16. The fourth-order valence-corrected chi connectivity index (χ4v) is 4.77. The topological polar surface area (TPSA) is 49.9 Å². The Morgan fingerprint density at radius 2 is 1.96 bits per heavy atom. The van der Waals surface area contributed by atoms with Gasteiger partial charge in [0.15, 0.2) is 0 Å². The summed E-state index contributed by atoms with van der Waals surface area (Å²) in [4.78, 5) is 29.7. The monoisotopic (exact) mass is 336 g/mol. The maximum Gasteiger partial charge on any atom is 0.230 e. The molecule has 1 spiro atoms. The van der Waals surface area contributed by atoms with E-state index in [1.54, 1.807) is 0 Å². The molecule has 0 aromatic heterocycles. The Hall–Kier alpha value is -1.10. The van der Waals surface area contributed by atoms with Crippen molar-refractivity contribution < 1.29 is 14.3 Å². The fourth-order valence-electron chi connectivity index (χ4n) is 4.77. The van der Waals surface area contributed by atoms with Crippen molar-refractivity contribution in [2.45, 2.75) is 70.8 Å². The zero-order chi connectivity index (χ0) is 17.0. The van der Waals surface area contributed by atoms with Gasteiger partial charge in [0.25, 0.3) is 0 Å². The van der Waals surface area contributed by atoms with Crippen LogP contribution < -0.4 is 0 Å². The van der Waals surface area contributed by atoms with Gasteiger partial charge in [-0.25, -0.2) is 0 Å². The first-order valence-corrected chi connectivity index (χ1v) is 9.83. The molecule has 0 bridgehead atoms. The maximum atomic E-state index is 13.2. The zero-order valence-corrected chi connectivity index (χ0v) is 15.1. The molecule has 0 aromatic carbocycles. The molecule has 3 fully saturated rings. The molecule has 0 unspecified atom stereocenters. The molecule has 5 heteroatoms. The second-order valence-corrected chi connectivity index (χ2v) is 7.69. The molecule has 2 heterocycles. The minimum Gasteiger partial charge on any atom is -0.381 e. The van der Waals surface area contributed by atoms with Crippen molar-refractivity contribution in [3.63, 3.8) is 0 Å². The summed E-state index contributed by atoms with van der Waals surface area (Å²) in [6, 6.07) is 0.450. The van der Waals surface area contributed by atoms with E-state index in [2.05, 4.69) is 4.90 Å². The molecule has 2 amide bonds. The van der Waals surface area contributed by atoms with Gasteiger partial charge in [0.1, 0.15) is 0 Å². The van der Waals surface area contributed by atoms with E-state index in [9.17, 15) is 9.59 Å². The highest BCUT2D eigenvalue weighted by atomic mass is 16.5. The van der Waals surface area contributed by atoms with E-state index < -0.39 is 0 Å². The number of likely N-dealkylation sites (tertiary alicyclic amines) is 2. The van der Waals surface area contributed by atoms with Crippen molar-refractivity contribution in [2.75, 3.05) is 32.8 Å². The largest absolute Gasteiger partial charge is 0.381 e. The van der Waals surface area contributed by atoms with Gasteiger partial charge in [-0.3, -0.25) is 9.59 Å². The van der Waals surface area contributed by atoms with Crippen molar-refractivity contribution >= 4 is 11.8 Å². The van der Waals surface area contributed by atoms with E-state index in [0.717, 1.165) is 32.4 Å². The number of rotatable bonds is 5. The van der Waals surface area contributed by atoms with E-state index >= 15 is 0 Å². The summed E-state index contributed by atoms with van der Waals surface area (Å²) in [6.07, 6.45) is 9.46. The number of carbonyl (C=O) groups excluding carboxylic acids is 2. The van der Waals surface area contributed by atoms with E-state index in [1.807, 2.05) is 11.8 Å². The lowest BCUT2D eigenvalue weighted by atomic mass is 9.77. The second kappa shape index (κ2) is 7.85. The Balaban J connectivity index is 1.60. The summed E-state index contributed by atoms with van der Waals surface area (Å²) in [5.41, 5.74) is -0.295. The van der Waals surface area contributed by atoms with Crippen molar-refractivity contribution in [3.05, 3.63) is 0 Å². The molecule has 0 radical (unpaired) electrons. The van der Waals surface area contributed by atoms with Crippen LogP contribution in [0.25, 0.3) is 0 Å². The van der Waals surface area contributed by atoms with Crippen LogP contribution in [0.5, 0.6) is 0 Å². The van der Waals surface area contributed by atoms with Gasteiger partial charge in [-0.2, -0.15) is 0 Å². The van der Waals surface area contributed by atoms with Crippen LogP contribution in [-0.2, 0) is 14.3 Å². The molecule has 5 nitrogen and oxygen atoms in total. The van der Waals surface area contributed by atoms with Crippen molar-refractivity contribution in [1.29, 1.82) is 0 Å². The highest BCUT2D eigenvalue weighted by molar-refractivity contribution is 5.86. The molecule has 136 valence electrons. The predicted molar refractivity (Wildman–Crippen MR) is 92.6 cm³/mol. The van der Waals surface area contributed by atoms with Crippen LogP contribution in [0.3, 0.4) is 0 Å². The number of hydrogen-bond donors (Lipinski definition) is 0. The second-order valence-electron chi connectivity index (χ2n) is 7.69. The van der Waals surface area contributed by atoms with E-state index in [4.69, 9.17) is 4.74 Å².